The average molecular weight is 503 g/mol. The number of rotatable bonds is 2. The van der Waals surface area contributed by atoms with Crippen molar-refractivity contribution >= 4 is 78.1 Å². The summed E-state index contributed by atoms with van der Waals surface area (Å²) in [5, 5.41) is 13.6. The lowest BCUT2D eigenvalue weighted by atomic mass is 10.2. The van der Waals surface area contributed by atoms with Crippen LogP contribution in [-0.4, -0.2) is 16.2 Å². The number of phenolic OH excluding ortho intramolecular Hbond substituents is 1. The highest BCUT2D eigenvalue weighted by Gasteiger charge is 2.24. The number of amidine groups is 1. The smallest absolute Gasteiger partial charge is 0.264 e. The molecule has 25 heavy (non-hydrogen) atoms. The summed E-state index contributed by atoms with van der Waals surface area (Å²) in [6, 6.07) is 8.90. The third-order valence-electron chi connectivity index (χ3n) is 3.38. The number of thioether (sulfide) groups is 1. The summed E-state index contributed by atoms with van der Waals surface area (Å²) in [5.74, 6) is -0.104. The summed E-state index contributed by atoms with van der Waals surface area (Å²) in [6.07, 6.45) is 1.74. The maximum Gasteiger partial charge on any atom is 0.264 e. The second-order valence-corrected chi connectivity index (χ2v) is 8.42. The first kappa shape index (κ1) is 18.5. The van der Waals surface area contributed by atoms with Crippen molar-refractivity contribution < 1.29 is 9.90 Å². The SMILES string of the molecule is Cc1ccc(Cl)cc1N=C1NC(=O)/C(=C/c2cc(Br)c(O)c(Br)c2)S1. The van der Waals surface area contributed by atoms with Crippen LogP contribution in [0.1, 0.15) is 11.1 Å². The van der Waals surface area contributed by atoms with Crippen LogP contribution >= 0.6 is 55.2 Å². The Morgan fingerprint density at radius 1 is 1.24 bits per heavy atom. The molecule has 4 nitrogen and oxygen atoms in total. The molecule has 3 rings (SSSR count). The van der Waals surface area contributed by atoms with Gasteiger partial charge in [0.15, 0.2) is 5.17 Å². The van der Waals surface area contributed by atoms with Crippen molar-refractivity contribution in [2.24, 2.45) is 4.99 Å². The second-order valence-electron chi connectivity index (χ2n) is 5.25. The van der Waals surface area contributed by atoms with Crippen molar-refractivity contribution in [1.82, 2.24) is 5.32 Å². The lowest BCUT2D eigenvalue weighted by Crippen LogP contribution is -2.19. The number of hydrogen-bond donors (Lipinski definition) is 2. The number of aryl methyl sites for hydroxylation is 1. The van der Waals surface area contributed by atoms with Crippen molar-refractivity contribution in [3.63, 3.8) is 0 Å². The van der Waals surface area contributed by atoms with E-state index in [0.717, 1.165) is 11.1 Å². The van der Waals surface area contributed by atoms with Gasteiger partial charge in [-0.15, -0.1) is 0 Å². The van der Waals surface area contributed by atoms with Crippen LogP contribution in [0.3, 0.4) is 0 Å². The van der Waals surface area contributed by atoms with Gasteiger partial charge in [-0.2, -0.15) is 0 Å². The first-order valence-corrected chi connectivity index (χ1v) is 9.85. The van der Waals surface area contributed by atoms with Crippen molar-refractivity contribution in [1.29, 1.82) is 0 Å². The Morgan fingerprint density at radius 3 is 2.60 bits per heavy atom. The van der Waals surface area contributed by atoms with Crippen LogP contribution in [0.4, 0.5) is 5.69 Å². The number of carbonyl (C=O) groups excluding carboxylic acids is 1. The van der Waals surface area contributed by atoms with Crippen LogP contribution in [0.15, 0.2) is 49.2 Å². The van der Waals surface area contributed by atoms with Crippen LogP contribution in [0.25, 0.3) is 6.08 Å². The largest absolute Gasteiger partial charge is 0.506 e. The molecule has 1 aliphatic heterocycles. The number of halogens is 3. The molecular weight excluding hydrogens is 492 g/mol. The van der Waals surface area contributed by atoms with Crippen molar-refractivity contribution in [3.8, 4) is 5.75 Å². The van der Waals surface area contributed by atoms with E-state index in [-0.39, 0.29) is 11.7 Å². The predicted octanol–water partition coefficient (Wildman–Crippen LogP) is 5.77. The van der Waals surface area contributed by atoms with Gasteiger partial charge in [-0.1, -0.05) is 17.7 Å². The topological polar surface area (TPSA) is 61.7 Å². The number of aromatic hydroxyl groups is 1. The minimum atomic E-state index is -0.219. The van der Waals surface area contributed by atoms with Crippen LogP contribution in [0.2, 0.25) is 5.02 Å². The zero-order chi connectivity index (χ0) is 18.1. The van der Waals surface area contributed by atoms with Gasteiger partial charge in [-0.05, 0) is 92.0 Å². The average Bonchev–Trinajstić information content (AvgIpc) is 2.88. The molecule has 1 saturated heterocycles. The molecule has 128 valence electrons. The number of hydrogen-bond acceptors (Lipinski definition) is 4. The molecule has 1 heterocycles. The monoisotopic (exact) mass is 500 g/mol. The Hall–Kier alpha value is -1.28. The van der Waals surface area contributed by atoms with Gasteiger partial charge in [0.2, 0.25) is 0 Å². The molecule has 0 bridgehead atoms. The van der Waals surface area contributed by atoms with E-state index in [4.69, 9.17) is 11.6 Å². The molecule has 8 heteroatoms. The minimum Gasteiger partial charge on any atom is -0.506 e. The van der Waals surface area contributed by atoms with E-state index in [1.807, 2.05) is 13.0 Å². The van der Waals surface area contributed by atoms with Gasteiger partial charge in [-0.25, -0.2) is 4.99 Å². The Balaban J connectivity index is 1.90. The second kappa shape index (κ2) is 7.53. The quantitative estimate of drug-likeness (QED) is 0.513. The lowest BCUT2D eigenvalue weighted by molar-refractivity contribution is -0.115. The van der Waals surface area contributed by atoms with Crippen molar-refractivity contribution in [2.75, 3.05) is 0 Å². The maximum atomic E-state index is 12.2. The lowest BCUT2D eigenvalue weighted by Gasteiger charge is -2.02. The minimum absolute atomic E-state index is 0.115. The zero-order valence-electron chi connectivity index (χ0n) is 12.8. The molecule has 1 amide bonds. The van der Waals surface area contributed by atoms with Crippen LogP contribution in [0.5, 0.6) is 5.75 Å². The third kappa shape index (κ3) is 4.28. The Morgan fingerprint density at radius 2 is 1.92 bits per heavy atom. The van der Waals surface area contributed by atoms with E-state index in [0.29, 0.717) is 29.7 Å². The summed E-state index contributed by atoms with van der Waals surface area (Å²) in [6.45, 7) is 1.93. The number of aliphatic imine (C=N–C) groups is 1. The van der Waals surface area contributed by atoms with Gasteiger partial charge in [0.25, 0.3) is 5.91 Å². The fourth-order valence-corrected chi connectivity index (χ4v) is 4.34. The molecule has 0 aliphatic carbocycles. The number of carbonyl (C=O) groups is 1. The zero-order valence-corrected chi connectivity index (χ0v) is 17.6. The molecule has 0 aromatic heterocycles. The molecule has 2 aromatic rings. The molecule has 1 fully saturated rings. The van der Waals surface area contributed by atoms with Crippen LogP contribution in [0, 0.1) is 6.92 Å². The summed E-state index contributed by atoms with van der Waals surface area (Å²) >= 11 is 13.8. The normalized spacial score (nSPS) is 17.4. The summed E-state index contributed by atoms with van der Waals surface area (Å²) in [5.41, 5.74) is 2.46. The summed E-state index contributed by atoms with van der Waals surface area (Å²) in [7, 11) is 0. The molecule has 0 atom stereocenters. The highest BCUT2D eigenvalue weighted by atomic mass is 79.9. The first-order valence-electron chi connectivity index (χ1n) is 7.07. The van der Waals surface area contributed by atoms with Gasteiger partial charge in [0.1, 0.15) is 5.75 Å². The van der Waals surface area contributed by atoms with Gasteiger partial charge in [0, 0.05) is 5.02 Å². The predicted molar refractivity (Wildman–Crippen MR) is 111 cm³/mol. The first-order chi connectivity index (χ1) is 11.8. The van der Waals surface area contributed by atoms with E-state index in [1.165, 1.54) is 11.8 Å². The van der Waals surface area contributed by atoms with Gasteiger partial charge >= 0.3 is 0 Å². The Bertz CT molecular complexity index is 921. The molecule has 0 unspecified atom stereocenters. The van der Waals surface area contributed by atoms with E-state index >= 15 is 0 Å². The van der Waals surface area contributed by atoms with E-state index in [9.17, 15) is 9.90 Å². The fourth-order valence-electron chi connectivity index (χ4n) is 2.11. The van der Waals surface area contributed by atoms with E-state index < -0.39 is 0 Å². The molecule has 0 spiro atoms. The molecule has 2 N–H and O–H groups in total. The van der Waals surface area contributed by atoms with Crippen molar-refractivity contribution in [2.45, 2.75) is 6.92 Å². The number of phenols is 1. The molecule has 1 aliphatic rings. The molecule has 0 radical (unpaired) electrons. The third-order valence-corrected chi connectivity index (χ3v) is 5.73. The molecule has 0 saturated carbocycles. The number of amides is 1. The standard InChI is InChI=1S/C17H11Br2ClN2O2S/c1-8-2-3-10(20)7-13(8)21-17-22-16(24)14(25-17)6-9-4-11(18)15(23)12(19)5-9/h2-7,23H,1H3,(H,21,22,24)/b14-6-. The van der Waals surface area contributed by atoms with E-state index in [2.05, 4.69) is 42.2 Å². The van der Waals surface area contributed by atoms with Crippen molar-refractivity contribution in [3.05, 3.63) is 60.3 Å². The summed E-state index contributed by atoms with van der Waals surface area (Å²) in [4.78, 5) is 17.2. The highest BCUT2D eigenvalue weighted by Crippen LogP contribution is 2.35. The number of benzene rings is 2. The number of nitrogens with zero attached hydrogens (tertiary/aromatic N) is 1. The Labute approximate surface area is 170 Å². The van der Waals surface area contributed by atoms with Crippen LogP contribution in [-0.2, 0) is 4.79 Å². The highest BCUT2D eigenvalue weighted by molar-refractivity contribution is 9.11. The van der Waals surface area contributed by atoms with Crippen LogP contribution < -0.4 is 5.32 Å². The number of nitrogens with one attached hydrogen (secondary N) is 1. The van der Waals surface area contributed by atoms with Gasteiger partial charge < -0.3 is 10.4 Å². The molecular formula is C17H11Br2ClN2O2S. The van der Waals surface area contributed by atoms with Gasteiger partial charge in [-0.3, -0.25) is 4.79 Å². The maximum absolute atomic E-state index is 12.2. The van der Waals surface area contributed by atoms with E-state index in [1.54, 1.807) is 30.3 Å². The Kier molecular flexibility index (Phi) is 5.58. The summed E-state index contributed by atoms with van der Waals surface area (Å²) < 4.78 is 1.08. The van der Waals surface area contributed by atoms with Gasteiger partial charge in [0.05, 0.1) is 19.5 Å². The molecule has 2 aromatic carbocycles. The fraction of sp³-hybridized carbons (Fsp3) is 0.0588.